The molecule has 1 aliphatic rings. The van der Waals surface area contributed by atoms with Gasteiger partial charge in [-0.2, -0.15) is 0 Å². The maximum atomic E-state index is 13.4. The van der Waals surface area contributed by atoms with Crippen LogP contribution in [0.1, 0.15) is 37.0 Å². The first-order valence-corrected chi connectivity index (χ1v) is 11.0. The number of hydrogen-bond donors (Lipinski definition) is 0. The van der Waals surface area contributed by atoms with Crippen molar-refractivity contribution in [3.8, 4) is 0 Å². The van der Waals surface area contributed by atoms with Crippen molar-refractivity contribution in [3.63, 3.8) is 0 Å². The molecule has 0 aliphatic carbocycles. The molecular formula is C22H19BrN2O4S. The number of aromatic nitrogens is 1. The van der Waals surface area contributed by atoms with Crippen LogP contribution in [0.5, 0.6) is 0 Å². The first-order chi connectivity index (χ1) is 14.4. The highest BCUT2D eigenvalue weighted by atomic mass is 79.9. The molecular weight excluding hydrogens is 468 g/mol. The molecule has 0 spiro atoms. The number of benzene rings is 1. The number of furan rings is 1. The molecule has 0 radical (unpaired) electrons. The summed E-state index contributed by atoms with van der Waals surface area (Å²) in [5, 5.41) is 0. The SMILES string of the molecule is CCOC(=O)C1=C(C)N=c2s/c(=C\c3ccc(C)o3)c(=O)n2[C@@H]1c1ccc(Br)cc1. The molecule has 3 aromatic rings. The molecule has 0 saturated carbocycles. The second-order valence-corrected chi connectivity index (χ2v) is 8.73. The first kappa shape index (κ1) is 20.6. The molecule has 1 atom stereocenters. The van der Waals surface area contributed by atoms with Crippen LogP contribution in [0.25, 0.3) is 6.08 Å². The average Bonchev–Trinajstić information content (AvgIpc) is 3.24. The van der Waals surface area contributed by atoms with Gasteiger partial charge in [-0.3, -0.25) is 9.36 Å². The fourth-order valence-electron chi connectivity index (χ4n) is 3.41. The van der Waals surface area contributed by atoms with Crippen LogP contribution in [0, 0.1) is 6.92 Å². The third-order valence-electron chi connectivity index (χ3n) is 4.74. The normalized spacial score (nSPS) is 16.4. The number of nitrogens with zero attached hydrogens (tertiary/aromatic N) is 2. The molecule has 6 nitrogen and oxygen atoms in total. The van der Waals surface area contributed by atoms with E-state index in [1.165, 1.54) is 11.3 Å². The lowest BCUT2D eigenvalue weighted by Crippen LogP contribution is -2.39. The molecule has 0 unspecified atom stereocenters. The largest absolute Gasteiger partial charge is 0.463 e. The van der Waals surface area contributed by atoms with Gasteiger partial charge in [0.1, 0.15) is 11.5 Å². The number of hydrogen-bond acceptors (Lipinski definition) is 6. The monoisotopic (exact) mass is 486 g/mol. The van der Waals surface area contributed by atoms with Gasteiger partial charge in [-0.15, -0.1) is 0 Å². The maximum Gasteiger partial charge on any atom is 0.338 e. The molecule has 30 heavy (non-hydrogen) atoms. The van der Waals surface area contributed by atoms with E-state index in [0.717, 1.165) is 15.8 Å². The Hall–Kier alpha value is -2.71. The van der Waals surface area contributed by atoms with Crippen molar-refractivity contribution in [1.29, 1.82) is 0 Å². The van der Waals surface area contributed by atoms with Crippen LogP contribution >= 0.6 is 27.3 Å². The van der Waals surface area contributed by atoms with Gasteiger partial charge in [-0.1, -0.05) is 39.4 Å². The van der Waals surface area contributed by atoms with E-state index in [1.807, 2.05) is 43.3 Å². The van der Waals surface area contributed by atoms with Crippen LogP contribution in [0.15, 0.2) is 66.3 Å². The molecule has 0 amide bonds. The highest BCUT2D eigenvalue weighted by molar-refractivity contribution is 9.10. The van der Waals surface area contributed by atoms with E-state index in [9.17, 15) is 9.59 Å². The summed E-state index contributed by atoms with van der Waals surface area (Å²) in [5.41, 5.74) is 1.49. The zero-order valence-corrected chi connectivity index (χ0v) is 19.0. The van der Waals surface area contributed by atoms with Crippen LogP contribution in [0.2, 0.25) is 0 Å². The van der Waals surface area contributed by atoms with Crippen molar-refractivity contribution >= 4 is 39.3 Å². The molecule has 8 heteroatoms. The zero-order valence-electron chi connectivity index (χ0n) is 16.6. The Bertz CT molecular complexity index is 1330. The van der Waals surface area contributed by atoms with Crippen molar-refractivity contribution in [3.05, 3.63) is 88.9 Å². The van der Waals surface area contributed by atoms with E-state index < -0.39 is 12.0 Å². The maximum absolute atomic E-state index is 13.4. The Morgan fingerprint density at radius 2 is 2.00 bits per heavy atom. The number of fused-ring (bicyclic) bond motifs is 1. The number of ether oxygens (including phenoxy) is 1. The van der Waals surface area contributed by atoms with E-state index in [0.29, 0.717) is 26.4 Å². The van der Waals surface area contributed by atoms with Gasteiger partial charge in [-0.25, -0.2) is 9.79 Å². The smallest absolute Gasteiger partial charge is 0.338 e. The first-order valence-electron chi connectivity index (χ1n) is 9.40. The van der Waals surface area contributed by atoms with E-state index in [4.69, 9.17) is 9.15 Å². The Labute approximate surface area is 185 Å². The van der Waals surface area contributed by atoms with Crippen molar-refractivity contribution in [2.24, 2.45) is 4.99 Å². The summed E-state index contributed by atoms with van der Waals surface area (Å²) in [4.78, 5) is 31.2. The second-order valence-electron chi connectivity index (χ2n) is 6.80. The van der Waals surface area contributed by atoms with E-state index in [2.05, 4.69) is 20.9 Å². The van der Waals surface area contributed by atoms with Crippen LogP contribution in [-0.2, 0) is 9.53 Å². The summed E-state index contributed by atoms with van der Waals surface area (Å²) < 4.78 is 13.8. The predicted octanol–water partition coefficient (Wildman–Crippen LogP) is 3.46. The van der Waals surface area contributed by atoms with Gasteiger partial charge in [0.25, 0.3) is 5.56 Å². The molecule has 0 N–H and O–H groups in total. The lowest BCUT2D eigenvalue weighted by atomic mass is 9.96. The van der Waals surface area contributed by atoms with Gasteiger partial charge >= 0.3 is 5.97 Å². The fourth-order valence-corrected chi connectivity index (χ4v) is 4.70. The number of allylic oxidation sites excluding steroid dienone is 1. The third kappa shape index (κ3) is 3.73. The minimum Gasteiger partial charge on any atom is -0.463 e. The van der Waals surface area contributed by atoms with Crippen LogP contribution in [-0.4, -0.2) is 17.1 Å². The van der Waals surface area contributed by atoms with Gasteiger partial charge in [0, 0.05) is 10.5 Å². The lowest BCUT2D eigenvalue weighted by Gasteiger charge is -2.24. The van der Waals surface area contributed by atoms with Gasteiger partial charge < -0.3 is 9.15 Å². The van der Waals surface area contributed by atoms with Gasteiger partial charge in [-0.05, 0) is 50.6 Å². The number of carbonyl (C=O) groups is 1. The minimum atomic E-state index is -0.617. The second kappa shape index (κ2) is 8.20. The Kier molecular flexibility index (Phi) is 5.62. The number of rotatable bonds is 4. The summed E-state index contributed by atoms with van der Waals surface area (Å²) in [6.07, 6.45) is 1.71. The summed E-state index contributed by atoms with van der Waals surface area (Å²) in [7, 11) is 0. The van der Waals surface area contributed by atoms with Gasteiger partial charge in [0.2, 0.25) is 0 Å². The van der Waals surface area contributed by atoms with E-state index >= 15 is 0 Å². The highest BCUT2D eigenvalue weighted by Gasteiger charge is 2.33. The number of aryl methyl sites for hydroxylation is 1. The van der Waals surface area contributed by atoms with Crippen molar-refractivity contribution in [2.45, 2.75) is 26.8 Å². The van der Waals surface area contributed by atoms with Crippen molar-refractivity contribution in [2.75, 3.05) is 6.61 Å². The molecule has 4 rings (SSSR count). The van der Waals surface area contributed by atoms with Crippen LogP contribution in [0.3, 0.4) is 0 Å². The summed E-state index contributed by atoms with van der Waals surface area (Å²) in [6.45, 7) is 5.61. The standard InChI is InChI=1S/C22H19BrN2O4S/c1-4-28-21(27)18-13(3)24-22-25(19(18)14-6-8-15(23)9-7-14)20(26)17(30-22)11-16-10-5-12(2)29-16/h5-11,19H,4H2,1-3H3/b17-11-/t19-/m1/s1. The number of thiazole rings is 1. The zero-order chi connectivity index (χ0) is 21.4. The minimum absolute atomic E-state index is 0.227. The van der Waals surface area contributed by atoms with Crippen molar-refractivity contribution < 1.29 is 13.9 Å². The van der Waals surface area contributed by atoms with Crippen molar-refractivity contribution in [1.82, 2.24) is 4.57 Å². The lowest BCUT2D eigenvalue weighted by molar-refractivity contribution is -0.139. The van der Waals surface area contributed by atoms with Crippen LogP contribution < -0.4 is 14.9 Å². The Balaban J connectivity index is 1.96. The molecule has 3 heterocycles. The molecule has 0 bridgehead atoms. The molecule has 0 fully saturated rings. The average molecular weight is 487 g/mol. The Morgan fingerprint density at radius 1 is 1.27 bits per heavy atom. The Morgan fingerprint density at radius 3 is 2.63 bits per heavy atom. The van der Waals surface area contributed by atoms with Crippen LogP contribution in [0.4, 0.5) is 0 Å². The molecule has 1 aromatic carbocycles. The third-order valence-corrected chi connectivity index (χ3v) is 6.25. The highest BCUT2D eigenvalue weighted by Crippen LogP contribution is 2.31. The molecule has 1 aliphatic heterocycles. The molecule has 154 valence electrons. The van der Waals surface area contributed by atoms with Gasteiger partial charge in [0.05, 0.1) is 28.5 Å². The number of carbonyl (C=O) groups excluding carboxylic acids is 1. The molecule has 0 saturated heterocycles. The topological polar surface area (TPSA) is 73.8 Å². The fraction of sp³-hybridized carbons (Fsp3) is 0.227. The summed E-state index contributed by atoms with van der Waals surface area (Å²) in [6, 6.07) is 10.6. The number of halogens is 1. The summed E-state index contributed by atoms with van der Waals surface area (Å²) in [5.74, 6) is 0.893. The molecule has 2 aromatic heterocycles. The quantitative estimate of drug-likeness (QED) is 0.529. The summed E-state index contributed by atoms with van der Waals surface area (Å²) >= 11 is 4.71. The van der Waals surface area contributed by atoms with E-state index in [1.54, 1.807) is 24.5 Å². The predicted molar refractivity (Wildman–Crippen MR) is 118 cm³/mol. The van der Waals surface area contributed by atoms with E-state index in [-0.39, 0.29) is 12.2 Å². The number of esters is 1. The van der Waals surface area contributed by atoms with Gasteiger partial charge in [0.15, 0.2) is 4.80 Å².